The molecule has 2 aromatic carbocycles. The summed E-state index contributed by atoms with van der Waals surface area (Å²) in [5.41, 5.74) is 3.05. The Balaban J connectivity index is 1.61. The van der Waals surface area contributed by atoms with E-state index in [-0.39, 0.29) is 0 Å². The Morgan fingerprint density at radius 2 is 2.08 bits per heavy atom. The van der Waals surface area contributed by atoms with E-state index < -0.39 is 0 Å². The highest BCUT2D eigenvalue weighted by molar-refractivity contribution is 7.18. The molecule has 0 N–H and O–H groups in total. The normalized spacial score (nSPS) is 18.5. The number of benzene rings is 2. The molecule has 120 valence electrons. The molecule has 0 saturated carbocycles. The minimum Gasteiger partial charge on any atom is -0.290 e. The molecule has 24 heavy (non-hydrogen) atoms. The van der Waals surface area contributed by atoms with Crippen LogP contribution in [0.25, 0.3) is 10.2 Å². The Hall–Kier alpha value is -2.22. The maximum Gasteiger partial charge on any atom is 0.111 e. The van der Waals surface area contributed by atoms with E-state index in [4.69, 9.17) is 10.2 Å². The molecule has 3 nitrogen and oxygen atoms in total. The summed E-state index contributed by atoms with van der Waals surface area (Å²) in [6, 6.07) is 19.0. The summed E-state index contributed by atoms with van der Waals surface area (Å²) in [6.45, 7) is 1.98. The van der Waals surface area contributed by atoms with Gasteiger partial charge in [0, 0.05) is 6.54 Å². The van der Waals surface area contributed by atoms with Crippen LogP contribution in [0.2, 0.25) is 0 Å². The lowest BCUT2D eigenvalue weighted by Crippen LogP contribution is -2.32. The van der Waals surface area contributed by atoms with E-state index in [1.807, 2.05) is 29.5 Å². The van der Waals surface area contributed by atoms with Gasteiger partial charge < -0.3 is 0 Å². The molecule has 2 heterocycles. The Kier molecular flexibility index (Phi) is 4.29. The van der Waals surface area contributed by atoms with Gasteiger partial charge in [-0.1, -0.05) is 30.7 Å². The lowest BCUT2D eigenvalue weighted by atomic mass is 10.0. The van der Waals surface area contributed by atoms with E-state index in [9.17, 15) is 0 Å². The maximum atomic E-state index is 9.11. The predicted octanol–water partition coefficient (Wildman–Crippen LogP) is 4.90. The van der Waals surface area contributed by atoms with Gasteiger partial charge in [0.2, 0.25) is 0 Å². The second-order valence-corrected chi connectivity index (χ2v) is 7.38. The number of piperidine rings is 1. The molecule has 0 radical (unpaired) electrons. The zero-order valence-corrected chi connectivity index (χ0v) is 14.3. The van der Waals surface area contributed by atoms with Crippen molar-refractivity contribution in [2.24, 2.45) is 0 Å². The molecule has 0 aliphatic carbocycles. The van der Waals surface area contributed by atoms with Crippen molar-refractivity contribution in [3.05, 3.63) is 64.7 Å². The van der Waals surface area contributed by atoms with Gasteiger partial charge in [-0.2, -0.15) is 5.26 Å². The first-order valence-corrected chi connectivity index (χ1v) is 9.24. The number of para-hydroxylation sites is 1. The van der Waals surface area contributed by atoms with Crippen LogP contribution in [0.5, 0.6) is 0 Å². The fraction of sp³-hybridized carbons (Fsp3) is 0.300. The lowest BCUT2D eigenvalue weighted by molar-refractivity contribution is 0.140. The average Bonchev–Trinajstić information content (AvgIpc) is 3.06. The van der Waals surface area contributed by atoms with E-state index in [0.717, 1.165) is 30.6 Å². The van der Waals surface area contributed by atoms with Crippen LogP contribution in [0.1, 0.15) is 41.4 Å². The third kappa shape index (κ3) is 3.06. The third-order valence-electron chi connectivity index (χ3n) is 4.65. The van der Waals surface area contributed by atoms with Gasteiger partial charge in [-0.05, 0) is 49.2 Å². The van der Waals surface area contributed by atoms with E-state index in [0.29, 0.717) is 6.04 Å². The largest absolute Gasteiger partial charge is 0.290 e. The van der Waals surface area contributed by atoms with Crippen molar-refractivity contribution in [2.45, 2.75) is 31.8 Å². The minimum absolute atomic E-state index is 0.391. The molecular formula is C20H19N3S. The standard InChI is InChI=1S/C20H19N3S/c21-13-15-6-5-7-16(12-15)14-23-11-4-3-9-18(23)20-22-17-8-1-2-10-19(17)24-20/h1-2,5-8,10,12,18H,3-4,9,11,14H2/t18-/m1/s1. The summed E-state index contributed by atoms with van der Waals surface area (Å²) in [5, 5.41) is 10.3. The molecule has 4 heteroatoms. The van der Waals surface area contributed by atoms with Gasteiger partial charge in [-0.15, -0.1) is 11.3 Å². The third-order valence-corrected chi connectivity index (χ3v) is 5.79. The molecule has 1 atom stereocenters. The molecule has 1 saturated heterocycles. The SMILES string of the molecule is N#Cc1cccc(CN2CCCC[C@@H]2c2nc3ccccc3s2)c1. The number of rotatable bonds is 3. The molecule has 0 spiro atoms. The van der Waals surface area contributed by atoms with Crippen molar-refractivity contribution in [1.82, 2.24) is 9.88 Å². The highest BCUT2D eigenvalue weighted by Gasteiger charge is 2.26. The first-order chi connectivity index (χ1) is 11.8. The fourth-order valence-corrected chi connectivity index (χ4v) is 4.60. The smallest absolute Gasteiger partial charge is 0.111 e. The van der Waals surface area contributed by atoms with Gasteiger partial charge in [0.15, 0.2) is 0 Å². The monoisotopic (exact) mass is 333 g/mol. The molecule has 3 aromatic rings. The van der Waals surface area contributed by atoms with Crippen molar-refractivity contribution in [3.63, 3.8) is 0 Å². The van der Waals surface area contributed by atoms with Crippen molar-refractivity contribution in [3.8, 4) is 6.07 Å². The van der Waals surface area contributed by atoms with Crippen molar-refractivity contribution in [2.75, 3.05) is 6.54 Å². The lowest BCUT2D eigenvalue weighted by Gasteiger charge is -2.34. The van der Waals surface area contributed by atoms with Crippen molar-refractivity contribution in [1.29, 1.82) is 5.26 Å². The summed E-state index contributed by atoms with van der Waals surface area (Å²) >= 11 is 1.82. The number of likely N-dealkylation sites (tertiary alicyclic amines) is 1. The first kappa shape index (κ1) is 15.3. The zero-order chi connectivity index (χ0) is 16.4. The van der Waals surface area contributed by atoms with Crippen LogP contribution >= 0.6 is 11.3 Å². The highest BCUT2D eigenvalue weighted by atomic mass is 32.1. The number of nitriles is 1. The van der Waals surface area contributed by atoms with Crippen molar-refractivity contribution < 1.29 is 0 Å². The van der Waals surface area contributed by atoms with E-state index in [1.165, 1.54) is 28.1 Å². The molecule has 4 rings (SSSR count). The summed E-state index contributed by atoms with van der Waals surface area (Å²) in [6.07, 6.45) is 3.66. The second-order valence-electron chi connectivity index (χ2n) is 6.31. The van der Waals surface area contributed by atoms with Crippen LogP contribution in [-0.4, -0.2) is 16.4 Å². The predicted molar refractivity (Wildman–Crippen MR) is 97.8 cm³/mol. The highest BCUT2D eigenvalue weighted by Crippen LogP contribution is 2.36. The van der Waals surface area contributed by atoms with Crippen LogP contribution in [0.15, 0.2) is 48.5 Å². The molecule has 1 aromatic heterocycles. The van der Waals surface area contributed by atoms with E-state index in [2.05, 4.69) is 41.3 Å². The zero-order valence-electron chi connectivity index (χ0n) is 13.5. The Labute approximate surface area is 146 Å². The molecule has 0 amide bonds. The summed E-state index contributed by atoms with van der Waals surface area (Å²) in [4.78, 5) is 7.41. The molecule has 1 aliphatic heterocycles. The van der Waals surface area contributed by atoms with Gasteiger partial charge in [0.25, 0.3) is 0 Å². The average molecular weight is 333 g/mol. The topological polar surface area (TPSA) is 39.9 Å². The van der Waals surface area contributed by atoms with E-state index in [1.54, 1.807) is 0 Å². The van der Waals surface area contributed by atoms with Gasteiger partial charge >= 0.3 is 0 Å². The van der Waals surface area contributed by atoms with Gasteiger partial charge in [0.05, 0.1) is 27.9 Å². The minimum atomic E-state index is 0.391. The van der Waals surface area contributed by atoms with Crippen LogP contribution in [-0.2, 0) is 6.54 Å². The molecule has 1 fully saturated rings. The second kappa shape index (κ2) is 6.72. The van der Waals surface area contributed by atoms with Gasteiger partial charge in [-0.3, -0.25) is 4.90 Å². The Morgan fingerprint density at radius 3 is 2.96 bits per heavy atom. The van der Waals surface area contributed by atoms with Gasteiger partial charge in [0.1, 0.15) is 5.01 Å². The molecule has 0 unspecified atom stereocenters. The first-order valence-electron chi connectivity index (χ1n) is 8.42. The van der Waals surface area contributed by atoms with E-state index >= 15 is 0 Å². The van der Waals surface area contributed by atoms with Crippen LogP contribution in [0.3, 0.4) is 0 Å². The van der Waals surface area contributed by atoms with Crippen molar-refractivity contribution >= 4 is 21.6 Å². The van der Waals surface area contributed by atoms with Crippen LogP contribution in [0, 0.1) is 11.3 Å². The number of thiazole rings is 1. The number of hydrogen-bond donors (Lipinski definition) is 0. The number of fused-ring (bicyclic) bond motifs is 1. The van der Waals surface area contributed by atoms with Crippen LogP contribution < -0.4 is 0 Å². The van der Waals surface area contributed by atoms with Gasteiger partial charge in [-0.25, -0.2) is 4.98 Å². The Morgan fingerprint density at radius 1 is 1.17 bits per heavy atom. The molecular weight excluding hydrogens is 314 g/mol. The maximum absolute atomic E-state index is 9.11. The summed E-state index contributed by atoms with van der Waals surface area (Å²) in [7, 11) is 0. The summed E-state index contributed by atoms with van der Waals surface area (Å²) in [5.74, 6) is 0. The summed E-state index contributed by atoms with van der Waals surface area (Å²) < 4.78 is 1.27. The number of aromatic nitrogens is 1. The number of hydrogen-bond acceptors (Lipinski definition) is 4. The quantitative estimate of drug-likeness (QED) is 0.685. The Bertz CT molecular complexity index is 860. The fourth-order valence-electron chi connectivity index (χ4n) is 3.47. The molecule has 0 bridgehead atoms. The molecule has 1 aliphatic rings. The van der Waals surface area contributed by atoms with Crippen LogP contribution in [0.4, 0.5) is 0 Å². The number of nitrogens with zero attached hydrogens (tertiary/aromatic N) is 3.